The Hall–Kier alpha value is -2.67. The smallest absolute Gasteiger partial charge is 0.240 e. The quantitative estimate of drug-likeness (QED) is 0.577. The summed E-state index contributed by atoms with van der Waals surface area (Å²) in [7, 11) is 0. The Kier molecular flexibility index (Phi) is 5.67. The van der Waals surface area contributed by atoms with Gasteiger partial charge >= 0.3 is 0 Å². The highest BCUT2D eigenvalue weighted by Gasteiger charge is 2.29. The molecule has 0 radical (unpaired) electrons. The van der Waals surface area contributed by atoms with Crippen molar-refractivity contribution in [2.24, 2.45) is 5.92 Å². The van der Waals surface area contributed by atoms with Crippen LogP contribution in [0.1, 0.15) is 26.3 Å². The van der Waals surface area contributed by atoms with Crippen LogP contribution in [0, 0.1) is 5.92 Å². The molecular formula is C22H25N5OS. The van der Waals surface area contributed by atoms with Crippen LogP contribution in [0.3, 0.4) is 0 Å². The van der Waals surface area contributed by atoms with E-state index in [2.05, 4.69) is 39.7 Å². The van der Waals surface area contributed by atoms with Gasteiger partial charge in [0.1, 0.15) is 0 Å². The molecule has 29 heavy (non-hydrogen) atoms. The Morgan fingerprint density at radius 3 is 2.72 bits per heavy atom. The van der Waals surface area contributed by atoms with E-state index in [0.717, 1.165) is 41.7 Å². The molecule has 0 fully saturated rings. The van der Waals surface area contributed by atoms with Gasteiger partial charge in [0.15, 0.2) is 11.0 Å². The van der Waals surface area contributed by atoms with Crippen LogP contribution in [-0.2, 0) is 17.8 Å². The number of benzene rings is 1. The molecule has 0 saturated carbocycles. The van der Waals surface area contributed by atoms with Gasteiger partial charge in [-0.15, -0.1) is 10.2 Å². The van der Waals surface area contributed by atoms with E-state index in [0.29, 0.717) is 5.92 Å². The molecule has 0 saturated heterocycles. The van der Waals surface area contributed by atoms with Gasteiger partial charge in [-0.1, -0.05) is 43.8 Å². The first-order valence-electron chi connectivity index (χ1n) is 9.94. The van der Waals surface area contributed by atoms with Crippen molar-refractivity contribution in [1.82, 2.24) is 19.7 Å². The fourth-order valence-corrected chi connectivity index (χ4v) is 4.53. The average Bonchev–Trinajstić information content (AvgIpc) is 3.32. The lowest BCUT2D eigenvalue weighted by molar-refractivity contribution is -0.117. The van der Waals surface area contributed by atoms with Crippen LogP contribution < -0.4 is 4.90 Å². The highest BCUT2D eigenvalue weighted by molar-refractivity contribution is 8.00. The SMILES string of the molecule is CC(C)Cn1c(S[C@@H](C)C(=O)N2CCc3ccccc32)nnc1-c1cccnc1. The Labute approximate surface area is 175 Å². The molecule has 2 aromatic heterocycles. The number of anilines is 1. The number of hydrogen-bond donors (Lipinski definition) is 0. The third kappa shape index (κ3) is 4.05. The molecule has 1 atom stereocenters. The van der Waals surface area contributed by atoms with Crippen molar-refractivity contribution >= 4 is 23.4 Å². The molecule has 150 valence electrons. The fourth-order valence-electron chi connectivity index (χ4n) is 3.61. The zero-order valence-corrected chi connectivity index (χ0v) is 17.8. The third-order valence-corrected chi connectivity index (χ3v) is 6.04. The summed E-state index contributed by atoms with van der Waals surface area (Å²) in [5.41, 5.74) is 3.20. The Balaban J connectivity index is 1.57. The van der Waals surface area contributed by atoms with E-state index in [1.165, 1.54) is 17.3 Å². The van der Waals surface area contributed by atoms with Gasteiger partial charge in [-0.3, -0.25) is 9.78 Å². The highest BCUT2D eigenvalue weighted by atomic mass is 32.2. The number of thioether (sulfide) groups is 1. The number of para-hydroxylation sites is 1. The van der Waals surface area contributed by atoms with E-state index < -0.39 is 0 Å². The maximum Gasteiger partial charge on any atom is 0.240 e. The predicted octanol–water partition coefficient (Wildman–Crippen LogP) is 4.07. The normalized spacial score (nSPS) is 14.3. The average molecular weight is 408 g/mol. The van der Waals surface area contributed by atoms with Crippen molar-refractivity contribution < 1.29 is 4.79 Å². The summed E-state index contributed by atoms with van der Waals surface area (Å²) in [6, 6.07) is 12.0. The Morgan fingerprint density at radius 1 is 1.14 bits per heavy atom. The minimum Gasteiger partial charge on any atom is -0.311 e. The lowest BCUT2D eigenvalue weighted by Crippen LogP contribution is -2.35. The maximum absolute atomic E-state index is 13.2. The molecular weight excluding hydrogens is 382 g/mol. The summed E-state index contributed by atoms with van der Waals surface area (Å²) in [6.45, 7) is 7.80. The first-order valence-corrected chi connectivity index (χ1v) is 10.8. The standard InChI is InChI=1S/C22H25N5OS/c1-15(2)14-27-20(18-8-6-11-23-13-18)24-25-22(27)29-16(3)21(28)26-12-10-17-7-4-5-9-19(17)26/h4-9,11,13,15-16H,10,12,14H2,1-3H3/t16-/m0/s1. The van der Waals surface area contributed by atoms with Gasteiger partial charge in [-0.25, -0.2) is 0 Å². The first-order chi connectivity index (χ1) is 14.0. The van der Waals surface area contributed by atoms with E-state index in [1.807, 2.05) is 42.2 Å². The summed E-state index contributed by atoms with van der Waals surface area (Å²) >= 11 is 1.48. The lowest BCUT2D eigenvalue weighted by atomic mass is 10.2. The second-order valence-corrected chi connectivity index (χ2v) is 8.99. The number of carbonyl (C=O) groups is 1. The molecule has 7 heteroatoms. The number of amides is 1. The first kappa shape index (κ1) is 19.6. The second kappa shape index (κ2) is 8.37. The number of hydrogen-bond acceptors (Lipinski definition) is 5. The number of aromatic nitrogens is 4. The van der Waals surface area contributed by atoms with Crippen LogP contribution in [-0.4, -0.2) is 37.5 Å². The number of nitrogens with zero attached hydrogens (tertiary/aromatic N) is 5. The molecule has 0 bridgehead atoms. The number of fused-ring (bicyclic) bond motifs is 1. The Bertz CT molecular complexity index is 1000. The second-order valence-electron chi connectivity index (χ2n) is 7.68. The highest BCUT2D eigenvalue weighted by Crippen LogP contribution is 2.32. The molecule has 0 N–H and O–H groups in total. The summed E-state index contributed by atoms with van der Waals surface area (Å²) in [5, 5.41) is 9.35. The van der Waals surface area contributed by atoms with Crippen LogP contribution >= 0.6 is 11.8 Å². The minimum absolute atomic E-state index is 0.113. The van der Waals surface area contributed by atoms with Crippen LogP contribution in [0.5, 0.6) is 0 Å². The molecule has 1 aliphatic heterocycles. The molecule has 1 amide bonds. The fraction of sp³-hybridized carbons (Fsp3) is 0.364. The van der Waals surface area contributed by atoms with E-state index in [-0.39, 0.29) is 11.2 Å². The zero-order chi connectivity index (χ0) is 20.4. The van der Waals surface area contributed by atoms with Gasteiger partial charge in [0, 0.05) is 36.7 Å². The third-order valence-electron chi connectivity index (χ3n) is 4.97. The van der Waals surface area contributed by atoms with Crippen molar-refractivity contribution in [3.8, 4) is 11.4 Å². The maximum atomic E-state index is 13.2. The molecule has 1 aromatic carbocycles. The van der Waals surface area contributed by atoms with Gasteiger partial charge < -0.3 is 9.47 Å². The van der Waals surface area contributed by atoms with Crippen LogP contribution in [0.15, 0.2) is 53.9 Å². The van der Waals surface area contributed by atoms with Crippen LogP contribution in [0.4, 0.5) is 5.69 Å². The molecule has 3 heterocycles. The summed E-state index contributed by atoms with van der Waals surface area (Å²) in [4.78, 5) is 19.3. The van der Waals surface area contributed by atoms with E-state index in [1.54, 1.807) is 12.4 Å². The van der Waals surface area contributed by atoms with Crippen molar-refractivity contribution in [2.45, 2.75) is 44.1 Å². The summed E-state index contributed by atoms with van der Waals surface area (Å²) < 4.78 is 2.11. The largest absolute Gasteiger partial charge is 0.311 e. The molecule has 1 aliphatic rings. The molecule has 0 aliphatic carbocycles. The van der Waals surface area contributed by atoms with Gasteiger partial charge in [0.2, 0.25) is 5.91 Å². The number of rotatable bonds is 6. The van der Waals surface area contributed by atoms with Gasteiger partial charge in [-0.2, -0.15) is 0 Å². The van der Waals surface area contributed by atoms with Crippen molar-refractivity contribution in [3.05, 3.63) is 54.4 Å². The predicted molar refractivity (Wildman–Crippen MR) is 116 cm³/mol. The summed E-state index contributed by atoms with van der Waals surface area (Å²) in [6.07, 6.45) is 4.45. The topological polar surface area (TPSA) is 63.9 Å². The van der Waals surface area contributed by atoms with Crippen molar-refractivity contribution in [1.29, 1.82) is 0 Å². The zero-order valence-electron chi connectivity index (χ0n) is 16.9. The van der Waals surface area contributed by atoms with Gasteiger partial charge in [-0.05, 0) is 43.0 Å². The lowest BCUT2D eigenvalue weighted by Gasteiger charge is -2.21. The van der Waals surface area contributed by atoms with Gasteiger partial charge in [0.25, 0.3) is 0 Å². The number of pyridine rings is 1. The van der Waals surface area contributed by atoms with E-state index in [9.17, 15) is 4.79 Å². The minimum atomic E-state index is -0.252. The Morgan fingerprint density at radius 2 is 1.97 bits per heavy atom. The van der Waals surface area contributed by atoms with Crippen molar-refractivity contribution in [2.75, 3.05) is 11.4 Å². The monoisotopic (exact) mass is 407 g/mol. The van der Waals surface area contributed by atoms with E-state index in [4.69, 9.17) is 0 Å². The van der Waals surface area contributed by atoms with E-state index >= 15 is 0 Å². The molecule has 0 spiro atoms. The van der Waals surface area contributed by atoms with Crippen molar-refractivity contribution in [3.63, 3.8) is 0 Å². The van der Waals surface area contributed by atoms with Gasteiger partial charge in [0.05, 0.1) is 5.25 Å². The molecule has 4 rings (SSSR count). The van der Waals surface area contributed by atoms with Crippen LogP contribution in [0.25, 0.3) is 11.4 Å². The summed E-state index contributed by atoms with van der Waals surface area (Å²) in [5.74, 6) is 1.33. The van der Waals surface area contributed by atoms with Crippen LogP contribution in [0.2, 0.25) is 0 Å². The molecule has 6 nitrogen and oxygen atoms in total. The molecule has 3 aromatic rings. The molecule has 0 unspecified atom stereocenters. The number of carbonyl (C=O) groups excluding carboxylic acids is 1.